The molecule has 90 valence electrons. The van der Waals surface area contributed by atoms with Crippen molar-refractivity contribution >= 4 is 12.6 Å². The van der Waals surface area contributed by atoms with E-state index in [9.17, 15) is 10.0 Å². The first kappa shape index (κ1) is 13.6. The lowest BCUT2D eigenvalue weighted by molar-refractivity contribution is 0.0229. The minimum absolute atomic E-state index is 0.0687. The second-order valence-electron chi connectivity index (χ2n) is 3.26. The standard InChI is InChI=1S/C12H15BO4/c1-3-5-10-6-7-11(13(14)15)12(8-10)17-9-16-4-2/h6-8,14-15H,4,9H2,1-2H3. The molecule has 0 aliphatic carbocycles. The van der Waals surface area contributed by atoms with Gasteiger partial charge in [0.2, 0.25) is 0 Å². The van der Waals surface area contributed by atoms with Gasteiger partial charge in [-0.1, -0.05) is 12.0 Å². The van der Waals surface area contributed by atoms with Crippen molar-refractivity contribution in [3.63, 3.8) is 0 Å². The first-order valence-corrected chi connectivity index (χ1v) is 5.32. The average molecular weight is 234 g/mol. The lowest BCUT2D eigenvalue weighted by Gasteiger charge is -2.11. The van der Waals surface area contributed by atoms with Crippen LogP contribution in [0.3, 0.4) is 0 Å². The summed E-state index contributed by atoms with van der Waals surface area (Å²) in [5, 5.41) is 18.4. The Morgan fingerprint density at radius 2 is 2.12 bits per heavy atom. The van der Waals surface area contributed by atoms with Crippen molar-refractivity contribution < 1.29 is 19.5 Å². The van der Waals surface area contributed by atoms with Gasteiger partial charge in [-0.3, -0.25) is 0 Å². The molecular weight excluding hydrogens is 219 g/mol. The highest BCUT2D eigenvalue weighted by atomic mass is 16.7. The predicted octanol–water partition coefficient (Wildman–Crippen LogP) is 0.111. The van der Waals surface area contributed by atoms with E-state index in [1.807, 2.05) is 6.92 Å². The smallest absolute Gasteiger partial charge is 0.468 e. The fourth-order valence-corrected chi connectivity index (χ4v) is 1.28. The first-order chi connectivity index (χ1) is 8.19. The van der Waals surface area contributed by atoms with Crippen LogP contribution in [-0.2, 0) is 4.74 Å². The Morgan fingerprint density at radius 1 is 1.35 bits per heavy atom. The van der Waals surface area contributed by atoms with E-state index in [2.05, 4.69) is 11.8 Å². The molecule has 0 bridgehead atoms. The topological polar surface area (TPSA) is 58.9 Å². The maximum absolute atomic E-state index is 9.18. The molecule has 0 atom stereocenters. The number of benzene rings is 1. The van der Waals surface area contributed by atoms with E-state index >= 15 is 0 Å². The highest BCUT2D eigenvalue weighted by Crippen LogP contribution is 2.11. The minimum atomic E-state index is -1.57. The van der Waals surface area contributed by atoms with Crippen LogP contribution in [0.1, 0.15) is 19.4 Å². The molecule has 0 aliphatic rings. The summed E-state index contributed by atoms with van der Waals surface area (Å²) in [6.07, 6.45) is 0. The van der Waals surface area contributed by atoms with E-state index in [-0.39, 0.29) is 6.79 Å². The van der Waals surface area contributed by atoms with Crippen LogP contribution in [0.5, 0.6) is 5.75 Å². The second kappa shape index (κ2) is 6.97. The van der Waals surface area contributed by atoms with Crippen LogP contribution in [0.15, 0.2) is 18.2 Å². The van der Waals surface area contributed by atoms with Crippen molar-refractivity contribution in [2.75, 3.05) is 13.4 Å². The summed E-state index contributed by atoms with van der Waals surface area (Å²) in [7, 11) is -1.57. The highest BCUT2D eigenvalue weighted by Gasteiger charge is 2.17. The van der Waals surface area contributed by atoms with Crippen molar-refractivity contribution in [2.24, 2.45) is 0 Å². The Bertz CT molecular complexity index is 420. The average Bonchev–Trinajstić information content (AvgIpc) is 2.30. The van der Waals surface area contributed by atoms with Crippen LogP contribution in [0.25, 0.3) is 0 Å². The van der Waals surface area contributed by atoms with Gasteiger partial charge >= 0.3 is 7.12 Å². The summed E-state index contributed by atoms with van der Waals surface area (Å²) in [6, 6.07) is 4.94. The van der Waals surface area contributed by atoms with Crippen LogP contribution in [0.2, 0.25) is 0 Å². The van der Waals surface area contributed by atoms with Gasteiger partial charge in [-0.25, -0.2) is 0 Å². The number of hydrogen-bond donors (Lipinski definition) is 2. The van der Waals surface area contributed by atoms with Crippen molar-refractivity contribution in [1.29, 1.82) is 0 Å². The molecule has 0 aromatic heterocycles. The zero-order valence-corrected chi connectivity index (χ0v) is 9.93. The van der Waals surface area contributed by atoms with Gasteiger partial charge in [0, 0.05) is 17.6 Å². The molecule has 0 radical (unpaired) electrons. The van der Waals surface area contributed by atoms with Gasteiger partial charge in [-0.05, 0) is 26.0 Å². The van der Waals surface area contributed by atoms with Crippen molar-refractivity contribution in [3.05, 3.63) is 23.8 Å². The summed E-state index contributed by atoms with van der Waals surface area (Å²) in [5.74, 6) is 6.00. The third-order valence-corrected chi connectivity index (χ3v) is 2.06. The molecular formula is C12H15BO4. The SMILES string of the molecule is CC#Cc1ccc(B(O)O)c(OCOCC)c1. The van der Waals surface area contributed by atoms with Crippen LogP contribution < -0.4 is 10.2 Å². The monoisotopic (exact) mass is 234 g/mol. The molecule has 1 aromatic carbocycles. The van der Waals surface area contributed by atoms with Gasteiger partial charge < -0.3 is 19.5 Å². The van der Waals surface area contributed by atoms with Gasteiger partial charge in [-0.15, -0.1) is 5.92 Å². The zero-order chi connectivity index (χ0) is 12.7. The second-order valence-corrected chi connectivity index (χ2v) is 3.26. The van der Waals surface area contributed by atoms with Crippen LogP contribution in [-0.4, -0.2) is 30.6 Å². The molecule has 0 amide bonds. The normalized spacial score (nSPS) is 9.41. The fraction of sp³-hybridized carbons (Fsp3) is 0.333. The summed E-state index contributed by atoms with van der Waals surface area (Å²) in [4.78, 5) is 0. The molecule has 0 aliphatic heterocycles. The lowest BCUT2D eigenvalue weighted by atomic mass is 9.79. The number of hydrogen-bond acceptors (Lipinski definition) is 4. The van der Waals surface area contributed by atoms with Gasteiger partial charge in [0.05, 0.1) is 0 Å². The van der Waals surface area contributed by atoms with Crippen molar-refractivity contribution in [1.82, 2.24) is 0 Å². The molecule has 1 rings (SSSR count). The van der Waals surface area contributed by atoms with E-state index in [0.29, 0.717) is 17.8 Å². The van der Waals surface area contributed by atoms with Gasteiger partial charge in [0.1, 0.15) is 5.75 Å². The fourth-order valence-electron chi connectivity index (χ4n) is 1.28. The highest BCUT2D eigenvalue weighted by molar-refractivity contribution is 6.59. The molecule has 0 heterocycles. The van der Waals surface area contributed by atoms with Crippen LogP contribution in [0, 0.1) is 11.8 Å². The molecule has 5 heteroatoms. The quantitative estimate of drug-likeness (QED) is 0.328. The van der Waals surface area contributed by atoms with E-state index in [1.165, 1.54) is 0 Å². The van der Waals surface area contributed by atoms with Crippen LogP contribution >= 0.6 is 0 Å². The summed E-state index contributed by atoms with van der Waals surface area (Å²) >= 11 is 0. The molecule has 2 N–H and O–H groups in total. The van der Waals surface area contributed by atoms with Crippen molar-refractivity contribution in [3.8, 4) is 17.6 Å². The van der Waals surface area contributed by atoms with Gasteiger partial charge in [-0.2, -0.15) is 0 Å². The minimum Gasteiger partial charge on any atom is -0.468 e. The number of ether oxygens (including phenoxy) is 2. The Kier molecular flexibility index (Phi) is 5.57. The molecule has 0 fully saturated rings. The van der Waals surface area contributed by atoms with Gasteiger partial charge in [0.25, 0.3) is 0 Å². The molecule has 0 saturated heterocycles. The maximum atomic E-state index is 9.18. The molecule has 0 spiro atoms. The summed E-state index contributed by atoms with van der Waals surface area (Å²) < 4.78 is 10.4. The lowest BCUT2D eigenvalue weighted by Crippen LogP contribution is -2.31. The molecule has 4 nitrogen and oxygen atoms in total. The zero-order valence-electron chi connectivity index (χ0n) is 9.93. The van der Waals surface area contributed by atoms with Crippen molar-refractivity contribution in [2.45, 2.75) is 13.8 Å². The van der Waals surface area contributed by atoms with Crippen LogP contribution in [0.4, 0.5) is 0 Å². The summed E-state index contributed by atoms with van der Waals surface area (Å²) in [6.45, 7) is 4.18. The third kappa shape index (κ3) is 4.12. The largest absolute Gasteiger partial charge is 0.492 e. The summed E-state index contributed by atoms with van der Waals surface area (Å²) in [5.41, 5.74) is 1.05. The Balaban J connectivity index is 2.93. The predicted molar refractivity (Wildman–Crippen MR) is 65.9 cm³/mol. The molecule has 0 saturated carbocycles. The molecule has 17 heavy (non-hydrogen) atoms. The first-order valence-electron chi connectivity index (χ1n) is 5.32. The molecule has 1 aromatic rings. The molecule has 0 unspecified atom stereocenters. The number of rotatable bonds is 5. The third-order valence-electron chi connectivity index (χ3n) is 2.06. The van der Waals surface area contributed by atoms with Gasteiger partial charge in [0.15, 0.2) is 6.79 Å². The van der Waals surface area contributed by atoms with E-state index < -0.39 is 7.12 Å². The van der Waals surface area contributed by atoms with E-state index in [1.54, 1.807) is 25.1 Å². The van der Waals surface area contributed by atoms with E-state index in [4.69, 9.17) is 9.47 Å². The van der Waals surface area contributed by atoms with E-state index in [0.717, 1.165) is 5.56 Å². The Hall–Kier alpha value is -1.48. The Morgan fingerprint density at radius 3 is 2.71 bits per heavy atom. The maximum Gasteiger partial charge on any atom is 0.492 e. The Labute approximate surface area is 101 Å².